The van der Waals surface area contributed by atoms with E-state index in [1.165, 1.54) is 12.1 Å². The molecule has 2 aromatic rings. The molecule has 2 atom stereocenters. The van der Waals surface area contributed by atoms with Gasteiger partial charge in [0.05, 0.1) is 12.1 Å². The number of carbonyl (C=O) groups is 2. The van der Waals surface area contributed by atoms with E-state index in [1.54, 1.807) is 19.1 Å². The molecule has 2 aromatic carbocycles. The molecule has 0 aliphatic heterocycles. The van der Waals surface area contributed by atoms with E-state index in [2.05, 4.69) is 10.6 Å². The first-order valence-electron chi connectivity index (χ1n) is 7.39. The standard InChI is InChI=1S/C18H19FN2O2/c1-12(14-6-4-3-5-7-14)20-17(22)18(23)21-13(2)15-8-10-16(19)11-9-15/h3-13H,1-2H3,(H,20,22)(H,21,23)/t12-,13-/m1/s1. The Balaban J connectivity index is 1.92. The van der Waals surface area contributed by atoms with Gasteiger partial charge in [0.2, 0.25) is 0 Å². The second-order valence-corrected chi connectivity index (χ2v) is 5.35. The number of rotatable bonds is 4. The van der Waals surface area contributed by atoms with Crippen LogP contribution in [0.1, 0.15) is 37.1 Å². The number of benzene rings is 2. The maximum Gasteiger partial charge on any atom is 0.309 e. The van der Waals surface area contributed by atoms with E-state index in [-0.39, 0.29) is 17.9 Å². The summed E-state index contributed by atoms with van der Waals surface area (Å²) in [7, 11) is 0. The Morgan fingerprint density at radius 3 is 1.70 bits per heavy atom. The van der Waals surface area contributed by atoms with Gasteiger partial charge < -0.3 is 10.6 Å². The molecule has 4 nitrogen and oxygen atoms in total. The average Bonchev–Trinajstić information content (AvgIpc) is 2.56. The second-order valence-electron chi connectivity index (χ2n) is 5.35. The normalized spacial score (nSPS) is 13.0. The minimum Gasteiger partial charge on any atom is -0.341 e. The second kappa shape index (κ2) is 7.54. The van der Waals surface area contributed by atoms with Gasteiger partial charge in [0.15, 0.2) is 0 Å². The fourth-order valence-electron chi connectivity index (χ4n) is 2.18. The van der Waals surface area contributed by atoms with E-state index in [0.29, 0.717) is 0 Å². The van der Waals surface area contributed by atoms with Gasteiger partial charge >= 0.3 is 11.8 Å². The van der Waals surface area contributed by atoms with Crippen molar-refractivity contribution in [3.63, 3.8) is 0 Å². The Labute approximate surface area is 134 Å². The van der Waals surface area contributed by atoms with Crippen molar-refractivity contribution < 1.29 is 14.0 Å². The predicted octanol–water partition coefficient (Wildman–Crippen LogP) is 2.88. The number of hydrogen-bond donors (Lipinski definition) is 2. The van der Waals surface area contributed by atoms with E-state index >= 15 is 0 Å². The molecule has 2 amide bonds. The Morgan fingerprint density at radius 1 is 0.783 bits per heavy atom. The van der Waals surface area contributed by atoms with Crippen LogP contribution in [0, 0.1) is 5.82 Å². The number of carbonyl (C=O) groups excluding carboxylic acids is 2. The van der Waals surface area contributed by atoms with Crippen LogP contribution in [-0.2, 0) is 9.59 Å². The molecule has 0 radical (unpaired) electrons. The van der Waals surface area contributed by atoms with Crippen LogP contribution in [0.2, 0.25) is 0 Å². The minimum absolute atomic E-state index is 0.268. The molecular formula is C18H19FN2O2. The zero-order chi connectivity index (χ0) is 16.8. The molecule has 0 saturated heterocycles. The lowest BCUT2D eigenvalue weighted by Crippen LogP contribution is -2.41. The van der Waals surface area contributed by atoms with Crippen molar-refractivity contribution in [3.05, 3.63) is 71.5 Å². The molecule has 0 fully saturated rings. The van der Waals surface area contributed by atoms with Gasteiger partial charge in [0.1, 0.15) is 5.82 Å². The number of amides is 2. The first-order chi connectivity index (χ1) is 11.0. The molecule has 2 rings (SSSR count). The highest BCUT2D eigenvalue weighted by atomic mass is 19.1. The fourth-order valence-corrected chi connectivity index (χ4v) is 2.18. The Morgan fingerprint density at radius 2 is 1.22 bits per heavy atom. The molecule has 23 heavy (non-hydrogen) atoms. The third-order valence-electron chi connectivity index (χ3n) is 3.57. The van der Waals surface area contributed by atoms with Gasteiger partial charge in [-0.2, -0.15) is 0 Å². The van der Waals surface area contributed by atoms with Crippen LogP contribution in [0.3, 0.4) is 0 Å². The van der Waals surface area contributed by atoms with Crippen molar-refractivity contribution in [1.82, 2.24) is 10.6 Å². The topological polar surface area (TPSA) is 58.2 Å². The molecule has 120 valence electrons. The first kappa shape index (κ1) is 16.7. The molecule has 0 heterocycles. The number of halogens is 1. The van der Waals surface area contributed by atoms with Crippen molar-refractivity contribution in [3.8, 4) is 0 Å². The van der Waals surface area contributed by atoms with E-state index in [4.69, 9.17) is 0 Å². The van der Waals surface area contributed by atoms with Gasteiger partial charge in [-0.15, -0.1) is 0 Å². The summed E-state index contributed by atoms with van der Waals surface area (Å²) in [6.45, 7) is 3.54. The Kier molecular flexibility index (Phi) is 5.46. The summed E-state index contributed by atoms with van der Waals surface area (Å²) in [6.07, 6.45) is 0. The highest BCUT2D eigenvalue weighted by Crippen LogP contribution is 2.13. The van der Waals surface area contributed by atoms with Crippen LogP contribution < -0.4 is 10.6 Å². The number of nitrogens with one attached hydrogen (secondary N) is 2. The van der Waals surface area contributed by atoms with Crippen molar-refractivity contribution in [2.75, 3.05) is 0 Å². The van der Waals surface area contributed by atoms with Crippen molar-refractivity contribution in [2.24, 2.45) is 0 Å². The predicted molar refractivity (Wildman–Crippen MR) is 86.0 cm³/mol. The van der Waals surface area contributed by atoms with Crippen LogP contribution in [0.5, 0.6) is 0 Å². The summed E-state index contributed by atoms with van der Waals surface area (Å²) >= 11 is 0. The largest absolute Gasteiger partial charge is 0.341 e. The maximum atomic E-state index is 12.9. The molecule has 2 N–H and O–H groups in total. The van der Waals surface area contributed by atoms with E-state index in [9.17, 15) is 14.0 Å². The summed E-state index contributed by atoms with van der Waals surface area (Å²) in [5.74, 6) is -1.76. The molecule has 0 aromatic heterocycles. The lowest BCUT2D eigenvalue weighted by atomic mass is 10.1. The lowest BCUT2D eigenvalue weighted by Gasteiger charge is -2.17. The molecule has 0 unspecified atom stereocenters. The van der Waals surface area contributed by atoms with E-state index in [0.717, 1.165) is 11.1 Å². The van der Waals surface area contributed by atoms with Gasteiger partial charge in [-0.05, 0) is 37.1 Å². The van der Waals surface area contributed by atoms with E-state index < -0.39 is 11.8 Å². The number of hydrogen-bond acceptors (Lipinski definition) is 2. The van der Waals surface area contributed by atoms with Crippen LogP contribution in [0.4, 0.5) is 4.39 Å². The van der Waals surface area contributed by atoms with Gasteiger partial charge in [-0.25, -0.2) is 4.39 Å². The third-order valence-corrected chi connectivity index (χ3v) is 3.57. The highest BCUT2D eigenvalue weighted by molar-refractivity contribution is 6.35. The molecule has 0 spiro atoms. The van der Waals surface area contributed by atoms with Gasteiger partial charge in [0.25, 0.3) is 0 Å². The summed E-state index contributed by atoms with van der Waals surface area (Å²) in [5.41, 5.74) is 1.64. The summed E-state index contributed by atoms with van der Waals surface area (Å²) in [4.78, 5) is 23.9. The fraction of sp³-hybridized carbons (Fsp3) is 0.222. The average molecular weight is 314 g/mol. The van der Waals surface area contributed by atoms with Crippen LogP contribution in [0.25, 0.3) is 0 Å². The first-order valence-corrected chi connectivity index (χ1v) is 7.39. The SMILES string of the molecule is C[C@@H](NC(=O)C(=O)N[C@H](C)c1ccc(F)cc1)c1ccccc1. The molecule has 0 bridgehead atoms. The van der Waals surface area contributed by atoms with Crippen molar-refractivity contribution in [1.29, 1.82) is 0 Å². The van der Waals surface area contributed by atoms with Gasteiger partial charge in [0, 0.05) is 0 Å². The Hall–Kier alpha value is -2.69. The van der Waals surface area contributed by atoms with Gasteiger partial charge in [-0.3, -0.25) is 9.59 Å². The van der Waals surface area contributed by atoms with Crippen LogP contribution in [0.15, 0.2) is 54.6 Å². The monoisotopic (exact) mass is 314 g/mol. The highest BCUT2D eigenvalue weighted by Gasteiger charge is 2.19. The van der Waals surface area contributed by atoms with Crippen LogP contribution >= 0.6 is 0 Å². The van der Waals surface area contributed by atoms with Crippen molar-refractivity contribution >= 4 is 11.8 Å². The smallest absolute Gasteiger partial charge is 0.309 e. The Bertz CT molecular complexity index is 671. The lowest BCUT2D eigenvalue weighted by molar-refractivity contribution is -0.140. The summed E-state index contributed by atoms with van der Waals surface area (Å²) in [5, 5.41) is 5.25. The van der Waals surface area contributed by atoms with E-state index in [1.807, 2.05) is 37.3 Å². The molecule has 0 saturated carbocycles. The van der Waals surface area contributed by atoms with Crippen LogP contribution in [-0.4, -0.2) is 11.8 Å². The molecule has 0 aliphatic carbocycles. The molecule has 5 heteroatoms. The molecule has 0 aliphatic rings. The molecular weight excluding hydrogens is 295 g/mol. The van der Waals surface area contributed by atoms with Crippen molar-refractivity contribution in [2.45, 2.75) is 25.9 Å². The quantitative estimate of drug-likeness (QED) is 0.853. The minimum atomic E-state index is -0.718. The van der Waals surface area contributed by atoms with Gasteiger partial charge in [-0.1, -0.05) is 42.5 Å². The third kappa shape index (κ3) is 4.64. The maximum absolute atomic E-state index is 12.9. The summed E-state index contributed by atoms with van der Waals surface area (Å²) < 4.78 is 12.9. The summed E-state index contributed by atoms with van der Waals surface area (Å²) in [6, 6.07) is 14.5. The zero-order valence-corrected chi connectivity index (χ0v) is 13.0. The zero-order valence-electron chi connectivity index (χ0n) is 13.0.